The molecule has 0 radical (unpaired) electrons. The molecule has 1 unspecified atom stereocenters. The van der Waals surface area contributed by atoms with Gasteiger partial charge in [-0.25, -0.2) is 5.10 Å². The maximum Gasteiger partial charge on any atom is 0.280 e. The summed E-state index contributed by atoms with van der Waals surface area (Å²) in [6.07, 6.45) is 9.16. The molecule has 80 valence electrons. The summed E-state index contributed by atoms with van der Waals surface area (Å²) in [6, 6.07) is 0.398. The zero-order valence-corrected chi connectivity index (χ0v) is 9.75. The summed E-state index contributed by atoms with van der Waals surface area (Å²) in [7, 11) is 0. The average molecular weight is 270 g/mol. The third kappa shape index (κ3) is 2.47. The second-order valence-electron chi connectivity index (χ2n) is 3.55. The molecule has 1 atom stereocenters. The first-order chi connectivity index (χ1) is 7.27. The van der Waals surface area contributed by atoms with E-state index in [9.17, 15) is 4.79 Å². The van der Waals surface area contributed by atoms with Crippen LogP contribution < -0.4 is 10.9 Å². The van der Waals surface area contributed by atoms with Crippen molar-refractivity contribution in [2.75, 3.05) is 5.32 Å². The zero-order chi connectivity index (χ0) is 10.7. The Hall–Kier alpha value is -1.10. The maximum absolute atomic E-state index is 11.3. The van der Waals surface area contributed by atoms with Gasteiger partial charge in [0.25, 0.3) is 5.56 Å². The lowest BCUT2D eigenvalue weighted by molar-refractivity contribution is 0.643. The highest BCUT2D eigenvalue weighted by Crippen LogP contribution is 2.20. The molecule has 0 bridgehead atoms. The van der Waals surface area contributed by atoms with Crippen molar-refractivity contribution in [3.63, 3.8) is 0 Å². The SMILES string of the molecule is O=c1[nH]ncc(NC2CC=CCC2)c1Br. The first kappa shape index (κ1) is 10.4. The highest BCUT2D eigenvalue weighted by molar-refractivity contribution is 9.10. The Morgan fingerprint density at radius 2 is 2.40 bits per heavy atom. The molecule has 1 aliphatic carbocycles. The molecule has 5 heteroatoms. The van der Waals surface area contributed by atoms with Crippen LogP contribution in [0.3, 0.4) is 0 Å². The predicted molar refractivity (Wildman–Crippen MR) is 63.0 cm³/mol. The Balaban J connectivity index is 2.13. The van der Waals surface area contributed by atoms with E-state index >= 15 is 0 Å². The van der Waals surface area contributed by atoms with Gasteiger partial charge in [0.05, 0.1) is 11.9 Å². The van der Waals surface area contributed by atoms with Crippen LogP contribution in [-0.4, -0.2) is 16.2 Å². The Labute approximate surface area is 95.9 Å². The molecule has 0 aromatic carbocycles. The van der Waals surface area contributed by atoms with Crippen LogP contribution in [0.25, 0.3) is 0 Å². The first-order valence-corrected chi connectivity index (χ1v) is 5.71. The van der Waals surface area contributed by atoms with E-state index in [2.05, 4.69) is 43.6 Å². The predicted octanol–water partition coefficient (Wildman–Crippen LogP) is 2.05. The van der Waals surface area contributed by atoms with Crippen LogP contribution in [-0.2, 0) is 0 Å². The van der Waals surface area contributed by atoms with Crippen LogP contribution in [0.5, 0.6) is 0 Å². The molecule has 4 nitrogen and oxygen atoms in total. The summed E-state index contributed by atoms with van der Waals surface area (Å²) in [5, 5.41) is 9.44. The minimum absolute atomic E-state index is 0.202. The molecule has 1 heterocycles. The molecule has 0 saturated carbocycles. The molecule has 2 N–H and O–H groups in total. The highest BCUT2D eigenvalue weighted by Gasteiger charge is 2.12. The number of allylic oxidation sites excluding steroid dienone is 1. The van der Waals surface area contributed by atoms with Gasteiger partial charge in [0.1, 0.15) is 4.47 Å². The highest BCUT2D eigenvalue weighted by atomic mass is 79.9. The molecule has 1 aromatic heterocycles. The molecular weight excluding hydrogens is 258 g/mol. The molecule has 1 aliphatic rings. The quantitative estimate of drug-likeness (QED) is 0.809. The fourth-order valence-corrected chi connectivity index (χ4v) is 1.93. The van der Waals surface area contributed by atoms with Gasteiger partial charge in [0.2, 0.25) is 0 Å². The topological polar surface area (TPSA) is 57.8 Å². The standard InChI is InChI=1S/C10H12BrN3O/c11-9-8(6-12-14-10(9)15)13-7-4-2-1-3-5-7/h1-2,6-7H,3-5H2,(H2,13,14,15). The van der Waals surface area contributed by atoms with E-state index in [1.165, 1.54) is 0 Å². The largest absolute Gasteiger partial charge is 0.380 e. The van der Waals surface area contributed by atoms with Crippen molar-refractivity contribution < 1.29 is 0 Å². The minimum Gasteiger partial charge on any atom is -0.380 e. The second-order valence-corrected chi connectivity index (χ2v) is 4.35. The number of rotatable bonds is 2. The summed E-state index contributed by atoms with van der Waals surface area (Å²) in [6.45, 7) is 0. The normalized spacial score (nSPS) is 20.2. The third-order valence-corrected chi connectivity index (χ3v) is 3.21. The number of halogens is 1. The van der Waals surface area contributed by atoms with Crippen LogP contribution >= 0.6 is 15.9 Å². The van der Waals surface area contributed by atoms with Crippen molar-refractivity contribution in [3.8, 4) is 0 Å². The molecule has 0 aliphatic heterocycles. The van der Waals surface area contributed by atoms with Crippen molar-refractivity contribution >= 4 is 21.6 Å². The lowest BCUT2D eigenvalue weighted by Crippen LogP contribution is -2.22. The van der Waals surface area contributed by atoms with Gasteiger partial charge in [-0.05, 0) is 35.2 Å². The van der Waals surface area contributed by atoms with Gasteiger partial charge in [-0.1, -0.05) is 12.2 Å². The summed E-state index contributed by atoms with van der Waals surface area (Å²) in [4.78, 5) is 11.3. The number of anilines is 1. The Bertz CT molecular complexity index is 427. The molecule has 0 spiro atoms. The molecule has 2 rings (SSSR count). The van der Waals surface area contributed by atoms with Gasteiger partial charge in [0.15, 0.2) is 0 Å². The lowest BCUT2D eigenvalue weighted by Gasteiger charge is -2.20. The summed E-state index contributed by atoms with van der Waals surface area (Å²) < 4.78 is 0.520. The van der Waals surface area contributed by atoms with Crippen molar-refractivity contribution in [1.82, 2.24) is 10.2 Å². The summed E-state index contributed by atoms with van der Waals surface area (Å²) in [5.74, 6) is 0. The molecule has 15 heavy (non-hydrogen) atoms. The van der Waals surface area contributed by atoms with Crippen LogP contribution in [0.1, 0.15) is 19.3 Å². The minimum atomic E-state index is -0.202. The van der Waals surface area contributed by atoms with E-state index in [-0.39, 0.29) is 5.56 Å². The number of hydrogen-bond acceptors (Lipinski definition) is 3. The van der Waals surface area contributed by atoms with Crippen molar-refractivity contribution in [2.24, 2.45) is 0 Å². The Morgan fingerprint density at radius 3 is 3.13 bits per heavy atom. The van der Waals surface area contributed by atoms with Crippen LogP contribution in [0, 0.1) is 0 Å². The van der Waals surface area contributed by atoms with E-state index in [4.69, 9.17) is 0 Å². The summed E-state index contributed by atoms with van der Waals surface area (Å²) >= 11 is 3.24. The van der Waals surface area contributed by atoms with Crippen molar-refractivity contribution in [3.05, 3.63) is 33.2 Å². The molecule has 0 fully saturated rings. The number of aromatic nitrogens is 2. The van der Waals surface area contributed by atoms with Crippen molar-refractivity contribution in [2.45, 2.75) is 25.3 Å². The van der Waals surface area contributed by atoms with Crippen LogP contribution in [0.15, 0.2) is 27.6 Å². The van der Waals surface area contributed by atoms with Gasteiger partial charge in [-0.3, -0.25) is 4.79 Å². The maximum atomic E-state index is 11.3. The Morgan fingerprint density at radius 1 is 1.53 bits per heavy atom. The first-order valence-electron chi connectivity index (χ1n) is 4.92. The number of nitrogens with one attached hydrogen (secondary N) is 2. The number of H-pyrrole nitrogens is 1. The number of nitrogens with zero attached hydrogens (tertiary/aromatic N) is 1. The Kier molecular flexibility index (Phi) is 3.20. The van der Waals surface area contributed by atoms with Gasteiger partial charge >= 0.3 is 0 Å². The molecule has 1 aromatic rings. The smallest absolute Gasteiger partial charge is 0.280 e. The van der Waals surface area contributed by atoms with Crippen LogP contribution in [0.2, 0.25) is 0 Å². The van der Waals surface area contributed by atoms with E-state index in [0.717, 1.165) is 24.9 Å². The van der Waals surface area contributed by atoms with Gasteiger partial charge in [-0.15, -0.1) is 0 Å². The van der Waals surface area contributed by atoms with E-state index in [0.29, 0.717) is 10.5 Å². The fourth-order valence-electron chi connectivity index (χ4n) is 1.63. The molecular formula is C10H12BrN3O. The van der Waals surface area contributed by atoms with Crippen molar-refractivity contribution in [1.29, 1.82) is 0 Å². The third-order valence-electron chi connectivity index (χ3n) is 2.42. The molecule has 0 saturated heterocycles. The number of hydrogen-bond donors (Lipinski definition) is 2. The van der Waals surface area contributed by atoms with Gasteiger partial charge in [-0.2, -0.15) is 5.10 Å². The summed E-state index contributed by atoms with van der Waals surface area (Å²) in [5.41, 5.74) is 0.561. The number of aromatic amines is 1. The van der Waals surface area contributed by atoms with Crippen LogP contribution in [0.4, 0.5) is 5.69 Å². The monoisotopic (exact) mass is 269 g/mol. The van der Waals surface area contributed by atoms with E-state index < -0.39 is 0 Å². The van der Waals surface area contributed by atoms with E-state index in [1.807, 2.05) is 0 Å². The zero-order valence-electron chi connectivity index (χ0n) is 8.16. The lowest BCUT2D eigenvalue weighted by atomic mass is 10.0. The van der Waals surface area contributed by atoms with E-state index in [1.54, 1.807) is 6.20 Å². The average Bonchev–Trinajstić information content (AvgIpc) is 2.26. The second kappa shape index (κ2) is 4.61. The van der Waals surface area contributed by atoms with Gasteiger partial charge < -0.3 is 5.32 Å². The molecule has 0 amide bonds. The fraction of sp³-hybridized carbons (Fsp3) is 0.400. The van der Waals surface area contributed by atoms with Gasteiger partial charge in [0, 0.05) is 6.04 Å².